The number of hydrogen-bond donors (Lipinski definition) is 2. The SMILES string of the molecule is CCOC(C(Cc1ccc(C)cc1Cl)NN)C(C)(C)C. The van der Waals surface area contributed by atoms with E-state index in [1.807, 2.05) is 19.9 Å². The second kappa shape index (κ2) is 7.41. The Morgan fingerprint density at radius 3 is 2.45 bits per heavy atom. The van der Waals surface area contributed by atoms with Gasteiger partial charge in [-0.3, -0.25) is 11.3 Å². The number of benzene rings is 1. The van der Waals surface area contributed by atoms with Crippen molar-refractivity contribution in [2.75, 3.05) is 6.61 Å². The summed E-state index contributed by atoms with van der Waals surface area (Å²) in [5.74, 6) is 5.76. The molecular formula is C16H27ClN2O. The van der Waals surface area contributed by atoms with E-state index >= 15 is 0 Å². The predicted molar refractivity (Wildman–Crippen MR) is 85.9 cm³/mol. The minimum absolute atomic E-state index is 0.00419. The molecule has 1 aromatic rings. The topological polar surface area (TPSA) is 47.3 Å². The van der Waals surface area contributed by atoms with Gasteiger partial charge in [0.05, 0.1) is 12.1 Å². The molecule has 0 aliphatic rings. The fourth-order valence-electron chi connectivity index (χ4n) is 2.46. The number of nitrogens with one attached hydrogen (secondary N) is 1. The highest BCUT2D eigenvalue weighted by atomic mass is 35.5. The molecule has 20 heavy (non-hydrogen) atoms. The number of aryl methyl sites for hydroxylation is 1. The highest BCUT2D eigenvalue weighted by Gasteiger charge is 2.32. The Morgan fingerprint density at radius 1 is 1.35 bits per heavy atom. The summed E-state index contributed by atoms with van der Waals surface area (Å²) < 4.78 is 5.91. The Hall–Kier alpha value is -0.610. The quantitative estimate of drug-likeness (QED) is 0.624. The molecule has 4 heteroatoms. The summed E-state index contributed by atoms with van der Waals surface area (Å²) in [5.41, 5.74) is 5.16. The summed E-state index contributed by atoms with van der Waals surface area (Å²) in [7, 11) is 0. The largest absolute Gasteiger partial charge is 0.376 e. The Morgan fingerprint density at radius 2 is 2.00 bits per heavy atom. The van der Waals surface area contributed by atoms with E-state index in [-0.39, 0.29) is 17.6 Å². The van der Waals surface area contributed by atoms with E-state index in [9.17, 15) is 0 Å². The smallest absolute Gasteiger partial charge is 0.0792 e. The molecule has 0 aliphatic heterocycles. The van der Waals surface area contributed by atoms with Crippen molar-refractivity contribution in [3.63, 3.8) is 0 Å². The highest BCUT2D eigenvalue weighted by Crippen LogP contribution is 2.28. The summed E-state index contributed by atoms with van der Waals surface area (Å²) in [4.78, 5) is 0. The molecule has 3 nitrogen and oxygen atoms in total. The molecule has 1 rings (SSSR count). The van der Waals surface area contributed by atoms with Crippen molar-refractivity contribution >= 4 is 11.6 Å². The van der Waals surface area contributed by atoms with Crippen LogP contribution >= 0.6 is 11.6 Å². The number of rotatable bonds is 6. The second-order valence-corrected chi connectivity index (χ2v) is 6.72. The monoisotopic (exact) mass is 298 g/mol. The third kappa shape index (κ3) is 4.74. The van der Waals surface area contributed by atoms with Crippen LogP contribution in [0.1, 0.15) is 38.8 Å². The Bertz CT molecular complexity index is 429. The van der Waals surface area contributed by atoms with Gasteiger partial charge in [-0.1, -0.05) is 44.5 Å². The van der Waals surface area contributed by atoms with Crippen molar-refractivity contribution in [2.45, 2.75) is 53.2 Å². The molecule has 0 saturated carbocycles. The molecule has 0 aromatic heterocycles. The first-order valence-electron chi connectivity index (χ1n) is 7.12. The van der Waals surface area contributed by atoms with Crippen LogP contribution in [0.15, 0.2) is 18.2 Å². The fraction of sp³-hybridized carbons (Fsp3) is 0.625. The van der Waals surface area contributed by atoms with Crippen LogP contribution in [0.2, 0.25) is 5.02 Å². The molecule has 2 atom stereocenters. The Kier molecular flexibility index (Phi) is 6.46. The first-order chi connectivity index (χ1) is 9.29. The van der Waals surface area contributed by atoms with Crippen molar-refractivity contribution < 1.29 is 4.74 Å². The first-order valence-corrected chi connectivity index (χ1v) is 7.50. The molecule has 0 saturated heterocycles. The van der Waals surface area contributed by atoms with Gasteiger partial charge in [0.25, 0.3) is 0 Å². The van der Waals surface area contributed by atoms with Crippen LogP contribution in [0, 0.1) is 12.3 Å². The summed E-state index contributed by atoms with van der Waals surface area (Å²) in [6.45, 7) is 11.2. The maximum atomic E-state index is 6.32. The Labute approximate surface area is 127 Å². The molecule has 1 aromatic carbocycles. The number of nitrogens with two attached hydrogens (primary N) is 1. The minimum atomic E-state index is 0.00419. The lowest BCUT2D eigenvalue weighted by atomic mass is 9.82. The van der Waals surface area contributed by atoms with Gasteiger partial charge in [-0.15, -0.1) is 0 Å². The van der Waals surface area contributed by atoms with Gasteiger partial charge in [0.2, 0.25) is 0 Å². The highest BCUT2D eigenvalue weighted by molar-refractivity contribution is 6.31. The third-order valence-corrected chi connectivity index (χ3v) is 3.78. The number of ether oxygens (including phenoxy) is 1. The van der Waals surface area contributed by atoms with Crippen molar-refractivity contribution in [3.8, 4) is 0 Å². The van der Waals surface area contributed by atoms with Crippen molar-refractivity contribution in [1.29, 1.82) is 0 Å². The predicted octanol–water partition coefficient (Wildman–Crippen LogP) is 3.47. The summed E-state index contributed by atoms with van der Waals surface area (Å²) in [6.07, 6.45) is 0.771. The number of hydrazine groups is 1. The maximum absolute atomic E-state index is 6.32. The average molecular weight is 299 g/mol. The van der Waals surface area contributed by atoms with E-state index in [0.29, 0.717) is 6.61 Å². The van der Waals surface area contributed by atoms with Gasteiger partial charge in [-0.2, -0.15) is 0 Å². The van der Waals surface area contributed by atoms with Crippen molar-refractivity contribution in [3.05, 3.63) is 34.3 Å². The molecular weight excluding hydrogens is 272 g/mol. The standard InChI is InChI=1S/C16H27ClN2O/c1-6-20-15(16(3,4)5)14(19-18)10-12-8-7-11(2)9-13(12)17/h7-9,14-15,19H,6,10,18H2,1-5H3. The lowest BCUT2D eigenvalue weighted by Gasteiger charge is -2.36. The molecule has 3 N–H and O–H groups in total. The van der Waals surface area contributed by atoms with Crippen molar-refractivity contribution in [1.82, 2.24) is 5.43 Å². The van der Waals surface area contributed by atoms with Crippen LogP contribution in [0.4, 0.5) is 0 Å². The normalized spacial score (nSPS) is 15.2. The molecule has 0 spiro atoms. The minimum Gasteiger partial charge on any atom is -0.376 e. The van der Waals surface area contributed by atoms with Gasteiger partial charge in [-0.05, 0) is 42.9 Å². The summed E-state index contributed by atoms with van der Waals surface area (Å²) >= 11 is 6.32. The molecule has 0 aliphatic carbocycles. The van der Waals surface area contributed by atoms with Gasteiger partial charge in [-0.25, -0.2) is 0 Å². The van der Waals surface area contributed by atoms with E-state index in [0.717, 1.165) is 22.6 Å². The molecule has 0 heterocycles. The Balaban J connectivity index is 2.94. The number of halogens is 1. The average Bonchev–Trinajstić information content (AvgIpc) is 2.34. The van der Waals surface area contributed by atoms with E-state index in [4.69, 9.17) is 22.2 Å². The van der Waals surface area contributed by atoms with Crippen LogP contribution in [-0.4, -0.2) is 18.8 Å². The molecule has 0 radical (unpaired) electrons. The zero-order chi connectivity index (χ0) is 15.3. The van der Waals surface area contributed by atoms with Crippen LogP contribution in [0.5, 0.6) is 0 Å². The zero-order valence-corrected chi connectivity index (χ0v) is 13.9. The van der Waals surface area contributed by atoms with E-state index in [1.165, 1.54) is 0 Å². The maximum Gasteiger partial charge on any atom is 0.0792 e. The van der Waals surface area contributed by atoms with Crippen molar-refractivity contribution in [2.24, 2.45) is 11.3 Å². The van der Waals surface area contributed by atoms with Gasteiger partial charge >= 0.3 is 0 Å². The summed E-state index contributed by atoms with van der Waals surface area (Å²) in [6, 6.07) is 6.14. The van der Waals surface area contributed by atoms with E-state index in [1.54, 1.807) is 0 Å². The third-order valence-electron chi connectivity index (χ3n) is 3.43. The van der Waals surface area contributed by atoms with E-state index < -0.39 is 0 Å². The molecule has 2 unspecified atom stereocenters. The molecule has 0 amide bonds. The number of hydrogen-bond acceptors (Lipinski definition) is 3. The van der Waals surface area contributed by atoms with Gasteiger partial charge < -0.3 is 4.74 Å². The summed E-state index contributed by atoms with van der Waals surface area (Å²) in [5, 5.41) is 0.786. The molecule has 0 fully saturated rings. The van der Waals surface area contributed by atoms with E-state index in [2.05, 4.69) is 38.3 Å². The zero-order valence-electron chi connectivity index (χ0n) is 13.2. The lowest BCUT2D eigenvalue weighted by molar-refractivity contribution is -0.0356. The van der Waals surface area contributed by atoms with Crippen LogP contribution in [-0.2, 0) is 11.2 Å². The van der Waals surface area contributed by atoms with Crippen LogP contribution in [0.3, 0.4) is 0 Å². The first kappa shape index (κ1) is 17.4. The molecule has 0 bridgehead atoms. The van der Waals surface area contributed by atoms with Gasteiger partial charge in [0, 0.05) is 11.6 Å². The molecule has 114 valence electrons. The second-order valence-electron chi connectivity index (χ2n) is 6.31. The van der Waals surface area contributed by atoms with Gasteiger partial charge in [0.1, 0.15) is 0 Å². The lowest BCUT2D eigenvalue weighted by Crippen LogP contribution is -2.52. The van der Waals surface area contributed by atoms with Crippen LogP contribution in [0.25, 0.3) is 0 Å². The van der Waals surface area contributed by atoms with Crippen LogP contribution < -0.4 is 11.3 Å². The van der Waals surface area contributed by atoms with Gasteiger partial charge in [0.15, 0.2) is 0 Å². The fourth-order valence-corrected chi connectivity index (χ4v) is 2.77.